The Balaban J connectivity index is 3.61. The molecule has 4 N–H and O–H groups in total. The zero-order chi connectivity index (χ0) is 32.4. The number of unbranched alkanes of at least 4 members (excludes halogenated alkanes) is 28. The summed E-state index contributed by atoms with van der Waals surface area (Å²) in [5, 5.41) is 33.4. The normalized spacial score (nSPS) is 13.7. The molecule has 0 bridgehead atoms. The molecule has 0 heterocycles. The SMILES string of the molecule is CCCCCCCCCCCCCCCCCCCCC(=O)N[C@H](CO)[C@H](O)C(O)CCCCCCCCCCCCCC. The highest BCUT2D eigenvalue weighted by Gasteiger charge is 2.26. The van der Waals surface area contributed by atoms with Crippen LogP contribution in [0.25, 0.3) is 0 Å². The average molecular weight is 626 g/mol. The van der Waals surface area contributed by atoms with Crippen molar-refractivity contribution in [3.8, 4) is 0 Å². The molecule has 5 heteroatoms. The first-order valence-electron chi connectivity index (χ1n) is 19.8. The summed E-state index contributed by atoms with van der Waals surface area (Å²) >= 11 is 0. The van der Waals surface area contributed by atoms with Crippen LogP contribution >= 0.6 is 0 Å². The largest absolute Gasteiger partial charge is 0.394 e. The van der Waals surface area contributed by atoms with Crippen molar-refractivity contribution < 1.29 is 20.1 Å². The summed E-state index contributed by atoms with van der Waals surface area (Å²) in [4.78, 5) is 12.4. The summed E-state index contributed by atoms with van der Waals surface area (Å²) < 4.78 is 0. The van der Waals surface area contributed by atoms with E-state index in [0.717, 1.165) is 38.5 Å². The van der Waals surface area contributed by atoms with E-state index in [1.54, 1.807) is 0 Å². The molecule has 0 aliphatic carbocycles. The van der Waals surface area contributed by atoms with Crippen LogP contribution in [-0.2, 0) is 4.79 Å². The summed E-state index contributed by atoms with van der Waals surface area (Å²) in [5.74, 6) is -0.142. The van der Waals surface area contributed by atoms with Gasteiger partial charge in [-0.2, -0.15) is 0 Å². The number of hydrogen-bond acceptors (Lipinski definition) is 4. The highest BCUT2D eigenvalue weighted by Crippen LogP contribution is 2.16. The molecular weight excluding hydrogens is 546 g/mol. The van der Waals surface area contributed by atoms with Crippen LogP contribution in [0.2, 0.25) is 0 Å². The van der Waals surface area contributed by atoms with Crippen LogP contribution in [0.3, 0.4) is 0 Å². The Labute approximate surface area is 275 Å². The number of rotatable bonds is 36. The molecule has 1 unspecified atom stereocenters. The second-order valence-electron chi connectivity index (χ2n) is 13.9. The highest BCUT2D eigenvalue weighted by molar-refractivity contribution is 5.76. The fourth-order valence-corrected chi connectivity index (χ4v) is 6.34. The molecule has 1 amide bonds. The summed E-state index contributed by atoms with van der Waals surface area (Å²) in [6.07, 6.45) is 37.7. The van der Waals surface area contributed by atoms with Crippen LogP contribution in [0.15, 0.2) is 0 Å². The van der Waals surface area contributed by atoms with Crippen LogP contribution in [0.5, 0.6) is 0 Å². The van der Waals surface area contributed by atoms with Crippen LogP contribution in [0, 0.1) is 0 Å². The van der Waals surface area contributed by atoms with Gasteiger partial charge in [-0.1, -0.05) is 200 Å². The second kappa shape index (κ2) is 35.2. The Hall–Kier alpha value is -0.650. The van der Waals surface area contributed by atoms with Gasteiger partial charge in [-0.05, 0) is 12.8 Å². The van der Waals surface area contributed by atoms with Crippen molar-refractivity contribution in [1.82, 2.24) is 5.32 Å². The maximum atomic E-state index is 12.4. The van der Waals surface area contributed by atoms with Gasteiger partial charge in [0.05, 0.1) is 18.8 Å². The fourth-order valence-electron chi connectivity index (χ4n) is 6.34. The van der Waals surface area contributed by atoms with Gasteiger partial charge in [0, 0.05) is 6.42 Å². The van der Waals surface area contributed by atoms with Gasteiger partial charge >= 0.3 is 0 Å². The van der Waals surface area contributed by atoms with Crippen molar-refractivity contribution in [1.29, 1.82) is 0 Å². The predicted molar refractivity (Wildman–Crippen MR) is 190 cm³/mol. The Morgan fingerprint density at radius 1 is 0.477 bits per heavy atom. The topological polar surface area (TPSA) is 89.8 Å². The fraction of sp³-hybridized carbons (Fsp3) is 0.974. The van der Waals surface area contributed by atoms with Gasteiger partial charge in [-0.3, -0.25) is 4.79 Å². The second-order valence-corrected chi connectivity index (χ2v) is 13.9. The number of nitrogens with one attached hydrogen (secondary N) is 1. The highest BCUT2D eigenvalue weighted by atomic mass is 16.3. The molecule has 3 atom stereocenters. The van der Waals surface area contributed by atoms with E-state index in [4.69, 9.17) is 0 Å². The third-order valence-electron chi connectivity index (χ3n) is 9.46. The summed E-state index contributed by atoms with van der Waals surface area (Å²) in [6.45, 7) is 4.18. The lowest BCUT2D eigenvalue weighted by molar-refractivity contribution is -0.124. The maximum Gasteiger partial charge on any atom is 0.220 e. The van der Waals surface area contributed by atoms with Gasteiger partial charge < -0.3 is 20.6 Å². The minimum atomic E-state index is -1.13. The Morgan fingerprint density at radius 3 is 1.09 bits per heavy atom. The van der Waals surface area contributed by atoms with Crippen LogP contribution in [0.4, 0.5) is 0 Å². The standard InChI is InChI=1S/C39H79NO4/c1-3-5-7-9-11-13-15-17-18-19-20-21-22-24-26-28-30-32-34-38(43)40-36(35-41)39(44)37(42)33-31-29-27-25-23-16-14-12-10-8-6-4-2/h36-37,39,41-42,44H,3-35H2,1-2H3,(H,40,43)/t36-,37?,39+/m1/s1. The molecule has 0 aliphatic rings. The van der Waals surface area contributed by atoms with Gasteiger partial charge in [0.1, 0.15) is 6.10 Å². The Kier molecular flexibility index (Phi) is 34.7. The molecule has 264 valence electrons. The molecule has 44 heavy (non-hydrogen) atoms. The molecule has 0 fully saturated rings. The van der Waals surface area contributed by atoms with Gasteiger partial charge in [0.25, 0.3) is 0 Å². The first-order chi connectivity index (χ1) is 21.6. The van der Waals surface area contributed by atoms with E-state index in [2.05, 4.69) is 19.2 Å². The van der Waals surface area contributed by atoms with Gasteiger partial charge in [-0.25, -0.2) is 0 Å². The summed E-state index contributed by atoms with van der Waals surface area (Å²) in [7, 11) is 0. The predicted octanol–water partition coefficient (Wildman–Crippen LogP) is 10.7. The molecule has 0 aromatic rings. The smallest absolute Gasteiger partial charge is 0.220 e. The van der Waals surface area contributed by atoms with Crippen molar-refractivity contribution in [2.45, 2.75) is 238 Å². The number of carbonyl (C=O) groups is 1. The molecule has 0 rings (SSSR count). The van der Waals surface area contributed by atoms with Crippen molar-refractivity contribution in [2.24, 2.45) is 0 Å². The third kappa shape index (κ3) is 30.0. The Morgan fingerprint density at radius 2 is 0.773 bits per heavy atom. The maximum absolute atomic E-state index is 12.4. The molecule has 0 aromatic heterocycles. The minimum Gasteiger partial charge on any atom is -0.394 e. The lowest BCUT2D eigenvalue weighted by Crippen LogP contribution is -2.50. The van der Waals surface area contributed by atoms with E-state index in [-0.39, 0.29) is 12.5 Å². The first-order valence-corrected chi connectivity index (χ1v) is 19.8. The number of aliphatic hydroxyl groups is 3. The van der Waals surface area contributed by atoms with Crippen molar-refractivity contribution in [3.05, 3.63) is 0 Å². The van der Waals surface area contributed by atoms with Crippen molar-refractivity contribution in [2.75, 3.05) is 6.61 Å². The lowest BCUT2D eigenvalue weighted by atomic mass is 9.99. The van der Waals surface area contributed by atoms with Gasteiger partial charge in [0.15, 0.2) is 0 Å². The zero-order valence-corrected chi connectivity index (χ0v) is 29.8. The van der Waals surface area contributed by atoms with Gasteiger partial charge in [-0.15, -0.1) is 0 Å². The third-order valence-corrected chi connectivity index (χ3v) is 9.46. The van der Waals surface area contributed by atoms with Gasteiger partial charge in [0.2, 0.25) is 5.91 Å². The van der Waals surface area contributed by atoms with Crippen LogP contribution in [-0.4, -0.2) is 46.1 Å². The number of hydrogen-bond donors (Lipinski definition) is 4. The molecule has 0 spiro atoms. The van der Waals surface area contributed by atoms with Crippen LogP contribution < -0.4 is 5.32 Å². The average Bonchev–Trinajstić information content (AvgIpc) is 3.03. The van der Waals surface area contributed by atoms with E-state index in [1.807, 2.05) is 0 Å². The monoisotopic (exact) mass is 626 g/mol. The first kappa shape index (κ1) is 43.4. The van der Waals surface area contributed by atoms with Crippen molar-refractivity contribution >= 4 is 5.91 Å². The molecule has 0 saturated carbocycles. The number of carbonyl (C=O) groups excluding carboxylic acids is 1. The van der Waals surface area contributed by atoms with E-state index in [0.29, 0.717) is 12.8 Å². The molecule has 0 aliphatic heterocycles. The molecule has 0 saturated heterocycles. The molecular formula is C39H79NO4. The Bertz CT molecular complexity index is 572. The lowest BCUT2D eigenvalue weighted by Gasteiger charge is -2.26. The van der Waals surface area contributed by atoms with E-state index >= 15 is 0 Å². The minimum absolute atomic E-state index is 0.142. The molecule has 0 radical (unpaired) electrons. The van der Waals surface area contributed by atoms with E-state index < -0.39 is 18.2 Å². The van der Waals surface area contributed by atoms with Crippen LogP contribution in [0.1, 0.15) is 219 Å². The van der Waals surface area contributed by atoms with Crippen molar-refractivity contribution in [3.63, 3.8) is 0 Å². The van der Waals surface area contributed by atoms with E-state index in [9.17, 15) is 20.1 Å². The van der Waals surface area contributed by atoms with E-state index in [1.165, 1.54) is 154 Å². The number of amides is 1. The molecule has 5 nitrogen and oxygen atoms in total. The zero-order valence-electron chi connectivity index (χ0n) is 29.8. The summed E-state index contributed by atoms with van der Waals surface area (Å²) in [6, 6.07) is -0.801. The molecule has 0 aromatic carbocycles. The number of aliphatic hydroxyl groups excluding tert-OH is 3. The summed E-state index contributed by atoms with van der Waals surface area (Å²) in [5.41, 5.74) is 0. The quantitative estimate of drug-likeness (QED) is 0.0521.